The molecule has 0 aliphatic carbocycles. The van der Waals surface area contributed by atoms with Gasteiger partial charge in [-0.2, -0.15) is 5.26 Å². The van der Waals surface area contributed by atoms with Gasteiger partial charge >= 0.3 is 11.9 Å². The lowest BCUT2D eigenvalue weighted by Crippen LogP contribution is -2.41. The van der Waals surface area contributed by atoms with Crippen molar-refractivity contribution in [3.63, 3.8) is 0 Å². The number of nitrogens with zero attached hydrogens (tertiary/aromatic N) is 2. The van der Waals surface area contributed by atoms with Crippen LogP contribution in [0.1, 0.15) is 11.5 Å². The Bertz CT molecular complexity index is 1240. The third-order valence-corrected chi connectivity index (χ3v) is 5.96. The molecule has 35 heavy (non-hydrogen) atoms. The van der Waals surface area contributed by atoms with E-state index in [4.69, 9.17) is 19.9 Å². The molecule has 0 spiro atoms. The van der Waals surface area contributed by atoms with E-state index in [1.165, 1.54) is 18.2 Å². The molecular formula is C24H20BrF2N3O5. The Labute approximate surface area is 208 Å². The quantitative estimate of drug-likeness (QED) is 0.517. The van der Waals surface area contributed by atoms with Gasteiger partial charge in [-0.05, 0) is 33.6 Å². The van der Waals surface area contributed by atoms with E-state index >= 15 is 0 Å². The van der Waals surface area contributed by atoms with E-state index < -0.39 is 30.9 Å². The predicted octanol–water partition coefficient (Wildman–Crippen LogP) is 3.99. The first-order valence-corrected chi connectivity index (χ1v) is 10.9. The van der Waals surface area contributed by atoms with E-state index in [9.17, 15) is 23.6 Å². The maximum absolute atomic E-state index is 13.1. The zero-order valence-electron chi connectivity index (χ0n) is 18.6. The van der Waals surface area contributed by atoms with E-state index in [1.54, 1.807) is 30.3 Å². The lowest BCUT2D eigenvalue weighted by atomic mass is 9.81. The molecular weight excluding hydrogens is 528 g/mol. The summed E-state index contributed by atoms with van der Waals surface area (Å²) in [6, 6.07) is 15.0. The maximum atomic E-state index is 13.1. The molecule has 0 saturated heterocycles. The fourth-order valence-corrected chi connectivity index (χ4v) is 4.26. The number of hydrogen-bond donors (Lipinski definition) is 1. The van der Waals surface area contributed by atoms with Gasteiger partial charge in [-0.1, -0.05) is 36.4 Å². The standard InChI is InChI=1S/C24H20BrF2N3O5/c1-33-23(31)19-18(13-7-4-3-5-8-13)14(11-28)22(29)30(21(19)24(32)34-2)15-9-6-10-16(20(15)25)35-12-17(26)27/h3-10,17-18H,12,29H2,1-2H3. The van der Waals surface area contributed by atoms with Crippen LogP contribution in [-0.4, -0.2) is 39.2 Å². The van der Waals surface area contributed by atoms with Crippen LogP contribution < -0.4 is 15.4 Å². The fourth-order valence-electron chi connectivity index (χ4n) is 3.70. The maximum Gasteiger partial charge on any atom is 0.355 e. The Morgan fingerprint density at radius 3 is 2.34 bits per heavy atom. The van der Waals surface area contributed by atoms with Crippen molar-refractivity contribution >= 4 is 33.6 Å². The highest BCUT2D eigenvalue weighted by atomic mass is 79.9. The molecule has 1 heterocycles. The second-order valence-electron chi connectivity index (χ2n) is 7.13. The molecule has 182 valence electrons. The number of allylic oxidation sites excluding steroid dienone is 1. The first-order chi connectivity index (χ1) is 16.8. The molecule has 3 rings (SSSR count). The van der Waals surface area contributed by atoms with Crippen LogP contribution in [0.3, 0.4) is 0 Å². The molecule has 2 aromatic carbocycles. The van der Waals surface area contributed by atoms with Gasteiger partial charge < -0.3 is 19.9 Å². The van der Waals surface area contributed by atoms with Gasteiger partial charge in [-0.15, -0.1) is 0 Å². The molecule has 0 saturated carbocycles. The van der Waals surface area contributed by atoms with Crippen LogP contribution in [0.5, 0.6) is 5.75 Å². The molecule has 0 radical (unpaired) electrons. The van der Waals surface area contributed by atoms with Gasteiger partial charge in [-0.3, -0.25) is 4.90 Å². The minimum atomic E-state index is -2.72. The first-order valence-electron chi connectivity index (χ1n) is 10.1. The number of benzene rings is 2. The highest BCUT2D eigenvalue weighted by Crippen LogP contribution is 2.46. The number of halogens is 3. The number of nitriles is 1. The van der Waals surface area contributed by atoms with Crippen molar-refractivity contribution in [3.8, 4) is 11.8 Å². The molecule has 2 aromatic rings. The highest BCUT2D eigenvalue weighted by molar-refractivity contribution is 9.10. The SMILES string of the molecule is COC(=O)C1=C(C(=O)OC)N(c2cccc(OCC(F)F)c2Br)C(N)=C(C#N)C1c1ccccc1. The third-order valence-electron chi connectivity index (χ3n) is 5.16. The molecule has 2 N–H and O–H groups in total. The summed E-state index contributed by atoms with van der Waals surface area (Å²) in [7, 11) is 2.26. The fraction of sp³-hybridized carbons (Fsp3) is 0.208. The summed E-state index contributed by atoms with van der Waals surface area (Å²) in [5, 5.41) is 10.1. The van der Waals surface area contributed by atoms with E-state index in [2.05, 4.69) is 15.9 Å². The largest absolute Gasteiger partial charge is 0.486 e. The van der Waals surface area contributed by atoms with Gasteiger partial charge in [0, 0.05) is 0 Å². The average molecular weight is 548 g/mol. The number of nitrogens with two attached hydrogens (primary N) is 1. The molecule has 0 fully saturated rings. The van der Waals surface area contributed by atoms with Crippen LogP contribution >= 0.6 is 15.9 Å². The molecule has 1 unspecified atom stereocenters. The van der Waals surface area contributed by atoms with E-state index in [1.807, 2.05) is 6.07 Å². The second-order valence-corrected chi connectivity index (χ2v) is 7.92. The van der Waals surface area contributed by atoms with Gasteiger partial charge in [0.15, 0.2) is 0 Å². The van der Waals surface area contributed by atoms with Crippen molar-refractivity contribution in [2.45, 2.75) is 12.3 Å². The van der Waals surface area contributed by atoms with Crippen molar-refractivity contribution in [1.29, 1.82) is 5.26 Å². The van der Waals surface area contributed by atoms with E-state index in [-0.39, 0.29) is 38.6 Å². The Balaban J connectivity index is 2.36. The predicted molar refractivity (Wildman–Crippen MR) is 125 cm³/mol. The number of carbonyl (C=O) groups excluding carboxylic acids is 2. The van der Waals surface area contributed by atoms with Crippen LogP contribution in [-0.2, 0) is 19.1 Å². The number of ether oxygens (including phenoxy) is 3. The molecule has 1 aliphatic heterocycles. The molecule has 0 amide bonds. The lowest BCUT2D eigenvalue weighted by molar-refractivity contribution is -0.139. The Morgan fingerprint density at radius 2 is 1.77 bits per heavy atom. The first kappa shape index (κ1) is 25.7. The van der Waals surface area contributed by atoms with Crippen molar-refractivity contribution < 1.29 is 32.6 Å². The molecule has 0 bridgehead atoms. The van der Waals surface area contributed by atoms with Crippen LogP contribution in [0.25, 0.3) is 0 Å². The summed E-state index contributed by atoms with van der Waals surface area (Å²) in [5.41, 5.74) is 6.59. The van der Waals surface area contributed by atoms with E-state index in [0.717, 1.165) is 19.1 Å². The summed E-state index contributed by atoms with van der Waals surface area (Å²) >= 11 is 3.31. The lowest BCUT2D eigenvalue weighted by Gasteiger charge is -2.36. The summed E-state index contributed by atoms with van der Waals surface area (Å²) in [6.07, 6.45) is -2.72. The minimum absolute atomic E-state index is 0.0307. The zero-order valence-corrected chi connectivity index (χ0v) is 20.2. The summed E-state index contributed by atoms with van der Waals surface area (Å²) in [5.74, 6) is -2.98. The number of methoxy groups -OCH3 is 2. The monoisotopic (exact) mass is 547 g/mol. The normalized spacial score (nSPS) is 15.7. The smallest absolute Gasteiger partial charge is 0.355 e. The van der Waals surface area contributed by atoms with Crippen LogP contribution in [0, 0.1) is 11.3 Å². The van der Waals surface area contributed by atoms with Gasteiger partial charge in [-0.25, -0.2) is 18.4 Å². The number of rotatable bonds is 7. The molecule has 1 aliphatic rings. The summed E-state index contributed by atoms with van der Waals surface area (Å²) < 4.78 is 40.7. The highest BCUT2D eigenvalue weighted by Gasteiger charge is 2.43. The van der Waals surface area contributed by atoms with Crippen LogP contribution in [0.4, 0.5) is 14.5 Å². The van der Waals surface area contributed by atoms with Gasteiger partial charge in [0.05, 0.1) is 47.5 Å². The van der Waals surface area contributed by atoms with Crippen molar-refractivity contribution in [1.82, 2.24) is 0 Å². The molecule has 0 aromatic heterocycles. The van der Waals surface area contributed by atoms with Crippen molar-refractivity contribution in [2.24, 2.45) is 5.73 Å². The number of hydrogen-bond acceptors (Lipinski definition) is 8. The van der Waals surface area contributed by atoms with Gasteiger partial charge in [0.25, 0.3) is 6.43 Å². The zero-order chi connectivity index (χ0) is 25.7. The minimum Gasteiger partial charge on any atom is -0.486 e. The Kier molecular flexibility index (Phi) is 8.09. The number of anilines is 1. The molecule has 8 nitrogen and oxygen atoms in total. The number of carbonyl (C=O) groups is 2. The summed E-state index contributed by atoms with van der Waals surface area (Å²) in [4.78, 5) is 27.3. The Hall–Kier alpha value is -3.91. The van der Waals surface area contributed by atoms with Crippen molar-refractivity contribution in [2.75, 3.05) is 25.7 Å². The van der Waals surface area contributed by atoms with Crippen LogP contribution in [0.15, 0.2) is 75.7 Å². The number of esters is 2. The van der Waals surface area contributed by atoms with E-state index in [0.29, 0.717) is 5.56 Å². The molecule has 11 heteroatoms. The second kappa shape index (κ2) is 11.0. The van der Waals surface area contributed by atoms with Gasteiger partial charge in [0.1, 0.15) is 23.9 Å². The average Bonchev–Trinajstić information content (AvgIpc) is 2.87. The molecule has 1 atom stereocenters. The van der Waals surface area contributed by atoms with Crippen molar-refractivity contribution in [3.05, 3.63) is 81.2 Å². The topological polar surface area (TPSA) is 115 Å². The Morgan fingerprint density at radius 1 is 1.11 bits per heavy atom. The van der Waals surface area contributed by atoms with Crippen LogP contribution in [0.2, 0.25) is 0 Å². The van der Waals surface area contributed by atoms with Gasteiger partial charge in [0.2, 0.25) is 0 Å². The third kappa shape index (κ3) is 4.97. The number of alkyl halides is 2. The summed E-state index contributed by atoms with van der Waals surface area (Å²) in [6.45, 7) is -0.875.